The summed E-state index contributed by atoms with van der Waals surface area (Å²) in [6, 6.07) is 2.08. The van der Waals surface area contributed by atoms with Crippen molar-refractivity contribution in [3.63, 3.8) is 0 Å². The van der Waals surface area contributed by atoms with Gasteiger partial charge in [-0.25, -0.2) is 9.97 Å². The Morgan fingerprint density at radius 2 is 1.62 bits per heavy atom. The van der Waals surface area contributed by atoms with Gasteiger partial charge in [0.05, 0.1) is 5.69 Å². The van der Waals surface area contributed by atoms with Gasteiger partial charge in [-0.15, -0.1) is 5.10 Å². The maximum Gasteiger partial charge on any atom is 0.267 e. The van der Waals surface area contributed by atoms with Gasteiger partial charge >= 0.3 is 0 Å². The van der Waals surface area contributed by atoms with Gasteiger partial charge in [-0.2, -0.15) is 0 Å². The molecule has 1 amide bonds. The van der Waals surface area contributed by atoms with E-state index in [9.17, 15) is 4.79 Å². The number of likely N-dealkylation sites (N-methyl/N-ethyl adjacent to an activating group) is 1. The number of carbonyl (C=O) groups is 1. The highest BCUT2D eigenvalue weighted by atomic mass is 32.1. The van der Waals surface area contributed by atoms with Gasteiger partial charge in [0, 0.05) is 58.4 Å². The van der Waals surface area contributed by atoms with Crippen LogP contribution in [-0.2, 0) is 6.42 Å². The third-order valence-corrected chi connectivity index (χ3v) is 6.35. The second-order valence-corrected chi connectivity index (χ2v) is 8.36. The molecule has 0 unspecified atom stereocenters. The van der Waals surface area contributed by atoms with E-state index >= 15 is 0 Å². The fraction of sp³-hybridized carbons (Fsp3) is 0.632. The van der Waals surface area contributed by atoms with Crippen molar-refractivity contribution in [3.8, 4) is 0 Å². The Kier molecular flexibility index (Phi) is 6.19. The van der Waals surface area contributed by atoms with Crippen LogP contribution in [-0.4, -0.2) is 94.7 Å². The van der Waals surface area contributed by atoms with Crippen molar-refractivity contribution in [2.45, 2.75) is 19.8 Å². The van der Waals surface area contributed by atoms with E-state index in [1.165, 1.54) is 11.5 Å². The van der Waals surface area contributed by atoms with E-state index in [4.69, 9.17) is 0 Å². The number of hydrogen-bond acceptors (Lipinski definition) is 9. The number of hydrogen-bond donors (Lipinski definition) is 0. The zero-order chi connectivity index (χ0) is 20.2. The van der Waals surface area contributed by atoms with Crippen LogP contribution in [0.2, 0.25) is 0 Å². The number of nitrogens with zero attached hydrogens (tertiary/aromatic N) is 8. The molecule has 2 fully saturated rings. The number of rotatable bonds is 5. The predicted octanol–water partition coefficient (Wildman–Crippen LogP) is 0.995. The molecule has 29 heavy (non-hydrogen) atoms. The highest BCUT2D eigenvalue weighted by molar-refractivity contribution is 7.08. The number of carbonyl (C=O) groups excluding carboxylic acids is 1. The van der Waals surface area contributed by atoms with E-state index in [0.717, 1.165) is 69.4 Å². The Balaban J connectivity index is 1.38. The largest absolute Gasteiger partial charge is 0.354 e. The van der Waals surface area contributed by atoms with Crippen molar-refractivity contribution in [1.82, 2.24) is 29.4 Å². The minimum absolute atomic E-state index is 0.0592. The summed E-state index contributed by atoms with van der Waals surface area (Å²) in [5.74, 6) is 1.98. The number of amides is 1. The average molecular weight is 417 g/mol. The number of aryl methyl sites for hydroxylation is 1. The molecule has 2 saturated heterocycles. The van der Waals surface area contributed by atoms with Gasteiger partial charge in [0.2, 0.25) is 0 Å². The maximum absolute atomic E-state index is 12.9. The van der Waals surface area contributed by atoms with E-state index in [-0.39, 0.29) is 5.91 Å². The second kappa shape index (κ2) is 9.00. The van der Waals surface area contributed by atoms with Crippen LogP contribution < -0.4 is 9.80 Å². The van der Waals surface area contributed by atoms with E-state index in [0.29, 0.717) is 18.0 Å². The SMILES string of the molecule is CCCc1nnsc1C(=O)N1CCN(c2cc(N3CCN(C)CC3)ncn2)CC1. The zero-order valence-corrected chi connectivity index (χ0v) is 17.9. The van der Waals surface area contributed by atoms with Crippen molar-refractivity contribution in [2.75, 3.05) is 69.2 Å². The molecule has 0 N–H and O–H groups in total. The van der Waals surface area contributed by atoms with Gasteiger partial charge in [-0.3, -0.25) is 4.79 Å². The van der Waals surface area contributed by atoms with Gasteiger partial charge in [-0.05, 0) is 25.0 Å². The monoisotopic (exact) mass is 416 g/mol. The van der Waals surface area contributed by atoms with Crippen LogP contribution in [0, 0.1) is 0 Å². The van der Waals surface area contributed by atoms with Gasteiger partial charge < -0.3 is 19.6 Å². The molecule has 2 aliphatic heterocycles. The molecule has 0 spiro atoms. The van der Waals surface area contributed by atoms with Crippen LogP contribution in [0.25, 0.3) is 0 Å². The van der Waals surface area contributed by atoms with Crippen LogP contribution in [0.3, 0.4) is 0 Å². The number of aromatic nitrogens is 4. The molecule has 2 aromatic rings. The fourth-order valence-electron chi connectivity index (χ4n) is 3.77. The maximum atomic E-state index is 12.9. The topological polar surface area (TPSA) is 81.6 Å². The molecule has 4 rings (SSSR count). The molecule has 2 aromatic heterocycles. The normalized spacial score (nSPS) is 18.3. The van der Waals surface area contributed by atoms with Gasteiger partial charge in [0.15, 0.2) is 0 Å². The van der Waals surface area contributed by atoms with Crippen LogP contribution in [0.5, 0.6) is 0 Å². The first-order valence-electron chi connectivity index (χ1n) is 10.3. The van der Waals surface area contributed by atoms with Crippen LogP contribution in [0.1, 0.15) is 28.7 Å². The molecular formula is C19H28N8OS. The Morgan fingerprint density at radius 1 is 1.00 bits per heavy atom. The summed E-state index contributed by atoms with van der Waals surface area (Å²) in [5.41, 5.74) is 0.831. The summed E-state index contributed by atoms with van der Waals surface area (Å²) in [6.07, 6.45) is 3.41. The summed E-state index contributed by atoms with van der Waals surface area (Å²) in [6.45, 7) is 9.03. The molecule has 9 nitrogen and oxygen atoms in total. The van der Waals surface area contributed by atoms with Crippen LogP contribution >= 0.6 is 11.5 Å². The summed E-state index contributed by atoms with van der Waals surface area (Å²) in [7, 11) is 2.15. The van der Waals surface area contributed by atoms with Gasteiger partial charge in [-0.1, -0.05) is 17.8 Å². The van der Waals surface area contributed by atoms with Crippen molar-refractivity contribution >= 4 is 29.1 Å². The Morgan fingerprint density at radius 3 is 2.24 bits per heavy atom. The summed E-state index contributed by atoms with van der Waals surface area (Å²) in [4.78, 5) is 31.3. The first kappa shape index (κ1) is 20.0. The minimum Gasteiger partial charge on any atom is -0.354 e. The van der Waals surface area contributed by atoms with Crippen molar-refractivity contribution in [1.29, 1.82) is 0 Å². The molecule has 4 heterocycles. The Labute approximate surface area is 175 Å². The van der Waals surface area contributed by atoms with Crippen LogP contribution in [0.15, 0.2) is 12.4 Å². The third kappa shape index (κ3) is 4.48. The summed E-state index contributed by atoms with van der Waals surface area (Å²) < 4.78 is 3.99. The van der Waals surface area contributed by atoms with E-state index < -0.39 is 0 Å². The molecule has 10 heteroatoms. The number of piperazine rings is 2. The Bertz CT molecular complexity index is 827. The summed E-state index contributed by atoms with van der Waals surface area (Å²) >= 11 is 1.21. The average Bonchev–Trinajstić information content (AvgIpc) is 3.22. The summed E-state index contributed by atoms with van der Waals surface area (Å²) in [5, 5.41) is 4.13. The lowest BCUT2D eigenvalue weighted by molar-refractivity contribution is 0.0750. The molecule has 0 bridgehead atoms. The lowest BCUT2D eigenvalue weighted by Gasteiger charge is -2.36. The first-order chi connectivity index (χ1) is 14.2. The highest BCUT2D eigenvalue weighted by Gasteiger charge is 2.27. The molecule has 0 aromatic carbocycles. The molecule has 0 aliphatic carbocycles. The zero-order valence-electron chi connectivity index (χ0n) is 17.1. The molecule has 2 aliphatic rings. The highest BCUT2D eigenvalue weighted by Crippen LogP contribution is 2.21. The van der Waals surface area contributed by atoms with E-state index in [2.05, 4.69) is 54.3 Å². The molecule has 0 atom stereocenters. The van der Waals surface area contributed by atoms with Crippen LogP contribution in [0.4, 0.5) is 11.6 Å². The lowest BCUT2D eigenvalue weighted by atomic mass is 10.2. The smallest absolute Gasteiger partial charge is 0.267 e. The molecule has 0 radical (unpaired) electrons. The van der Waals surface area contributed by atoms with Crippen molar-refractivity contribution < 1.29 is 4.79 Å². The van der Waals surface area contributed by atoms with E-state index in [1.807, 2.05) is 4.90 Å². The Hall–Kier alpha value is -2.33. The predicted molar refractivity (Wildman–Crippen MR) is 114 cm³/mol. The molecular weight excluding hydrogens is 388 g/mol. The van der Waals surface area contributed by atoms with E-state index in [1.54, 1.807) is 6.33 Å². The van der Waals surface area contributed by atoms with Crippen molar-refractivity contribution in [3.05, 3.63) is 23.0 Å². The first-order valence-corrected chi connectivity index (χ1v) is 11.0. The molecule has 0 saturated carbocycles. The fourth-order valence-corrected chi connectivity index (χ4v) is 4.45. The lowest BCUT2D eigenvalue weighted by Crippen LogP contribution is -2.49. The third-order valence-electron chi connectivity index (χ3n) is 5.59. The van der Waals surface area contributed by atoms with Crippen molar-refractivity contribution in [2.24, 2.45) is 0 Å². The quantitative estimate of drug-likeness (QED) is 0.714. The molecule has 156 valence electrons. The van der Waals surface area contributed by atoms with Gasteiger partial charge in [0.25, 0.3) is 5.91 Å². The minimum atomic E-state index is 0.0592. The second-order valence-electron chi connectivity index (χ2n) is 7.60. The standard InChI is InChI=1S/C19H28N8OS/c1-3-4-15-18(29-23-22-15)19(28)27-11-9-26(10-12-27)17-13-16(20-14-21-17)25-7-5-24(2)6-8-25/h13-14H,3-12H2,1-2H3. The van der Waals surface area contributed by atoms with Gasteiger partial charge in [0.1, 0.15) is 22.8 Å². The number of anilines is 2.